The van der Waals surface area contributed by atoms with Crippen molar-refractivity contribution in [1.29, 1.82) is 5.26 Å². The van der Waals surface area contributed by atoms with Crippen molar-refractivity contribution < 1.29 is 0 Å². The van der Waals surface area contributed by atoms with Gasteiger partial charge in [-0.15, -0.1) is 0 Å². The van der Waals surface area contributed by atoms with Crippen molar-refractivity contribution in [1.82, 2.24) is 4.98 Å². The number of rotatable bonds is 2. The molecule has 2 rings (SSSR count). The van der Waals surface area contributed by atoms with Gasteiger partial charge in [0.15, 0.2) is 0 Å². The number of nitrogens with zero attached hydrogens (tertiary/aromatic N) is 3. The third kappa shape index (κ3) is 2.29. The summed E-state index contributed by atoms with van der Waals surface area (Å²) in [4.78, 5) is 6.65. The summed E-state index contributed by atoms with van der Waals surface area (Å²) in [6.45, 7) is 4.40. The summed E-state index contributed by atoms with van der Waals surface area (Å²) >= 11 is 2.53. The summed E-state index contributed by atoms with van der Waals surface area (Å²) < 4.78 is 0.708. The highest BCUT2D eigenvalue weighted by Crippen LogP contribution is 2.29. The van der Waals surface area contributed by atoms with Crippen LogP contribution in [-0.4, -0.2) is 22.0 Å². The molecule has 0 saturated carbocycles. The van der Waals surface area contributed by atoms with Gasteiger partial charge in [0.25, 0.3) is 0 Å². The number of hydrogen-bond donors (Lipinski definition) is 0. The lowest BCUT2D eigenvalue weighted by atomic mass is 10.1. The highest BCUT2D eigenvalue weighted by molar-refractivity contribution is 14.1. The molecule has 1 saturated heterocycles. The van der Waals surface area contributed by atoms with Crippen molar-refractivity contribution in [2.75, 3.05) is 18.0 Å². The fraction of sp³-hybridized carbons (Fsp3) is 0.500. The van der Waals surface area contributed by atoms with Gasteiger partial charge in [0.2, 0.25) is 0 Å². The Morgan fingerprint density at radius 2 is 2.38 bits per heavy atom. The van der Waals surface area contributed by atoms with E-state index in [1.54, 1.807) is 6.20 Å². The predicted octanol–water partition coefficient (Wildman–Crippen LogP) is 2.60. The van der Waals surface area contributed by atoms with E-state index in [2.05, 4.69) is 45.5 Å². The largest absolute Gasteiger partial charge is 0.355 e. The van der Waals surface area contributed by atoms with Crippen LogP contribution < -0.4 is 4.90 Å². The molecule has 1 aliphatic heterocycles. The number of halogens is 1. The van der Waals surface area contributed by atoms with Gasteiger partial charge < -0.3 is 4.90 Å². The van der Waals surface area contributed by atoms with Crippen molar-refractivity contribution in [3.8, 4) is 6.07 Å². The highest BCUT2D eigenvalue weighted by atomic mass is 127. The van der Waals surface area contributed by atoms with E-state index in [0.717, 1.165) is 24.8 Å². The minimum absolute atomic E-state index is 0.626. The number of anilines is 1. The lowest BCUT2D eigenvalue weighted by molar-refractivity contribution is 0.591. The lowest BCUT2D eigenvalue weighted by Crippen LogP contribution is -2.20. The molecule has 1 aromatic heterocycles. The van der Waals surface area contributed by atoms with Crippen molar-refractivity contribution in [3.63, 3.8) is 0 Å². The second-order valence-corrected chi connectivity index (χ2v) is 5.71. The number of aromatic nitrogens is 1. The summed E-state index contributed by atoms with van der Waals surface area (Å²) in [6.07, 6.45) is 2.87. The normalized spacial score (nSPS) is 24.4. The standard InChI is InChI=1S/C12H14IN3/c1-2-10-7-16(8-11(10)13)12-4-3-9(5-14)6-15-12/h3-4,6,10-11H,2,7-8H2,1H3. The van der Waals surface area contributed by atoms with E-state index in [1.807, 2.05) is 12.1 Å². The third-order valence-corrected chi connectivity index (χ3v) is 4.50. The van der Waals surface area contributed by atoms with Crippen molar-refractivity contribution in [2.24, 2.45) is 5.92 Å². The molecule has 2 heterocycles. The Morgan fingerprint density at radius 1 is 1.56 bits per heavy atom. The van der Waals surface area contributed by atoms with Crippen molar-refractivity contribution in [3.05, 3.63) is 23.9 Å². The van der Waals surface area contributed by atoms with Crippen LogP contribution in [0.5, 0.6) is 0 Å². The Kier molecular flexibility index (Phi) is 3.64. The molecule has 2 atom stereocenters. The molecule has 0 aromatic carbocycles. The molecular weight excluding hydrogens is 313 g/mol. The first-order valence-corrected chi connectivity index (χ1v) is 6.74. The molecule has 0 spiro atoms. The topological polar surface area (TPSA) is 39.9 Å². The van der Waals surface area contributed by atoms with E-state index in [1.165, 1.54) is 6.42 Å². The van der Waals surface area contributed by atoms with E-state index in [9.17, 15) is 0 Å². The Balaban J connectivity index is 2.11. The van der Waals surface area contributed by atoms with E-state index in [0.29, 0.717) is 9.49 Å². The summed E-state index contributed by atoms with van der Waals surface area (Å²) in [5, 5.41) is 8.71. The maximum absolute atomic E-state index is 8.71. The van der Waals surface area contributed by atoms with Gasteiger partial charge in [-0.2, -0.15) is 5.26 Å². The molecule has 16 heavy (non-hydrogen) atoms. The smallest absolute Gasteiger partial charge is 0.128 e. The SMILES string of the molecule is CCC1CN(c2ccc(C#N)cn2)CC1I. The third-order valence-electron chi connectivity index (χ3n) is 3.09. The van der Waals surface area contributed by atoms with Crippen LogP contribution in [-0.2, 0) is 0 Å². The average molecular weight is 327 g/mol. The van der Waals surface area contributed by atoms with Crippen LogP contribution in [0.15, 0.2) is 18.3 Å². The van der Waals surface area contributed by atoms with Crippen LogP contribution in [0.4, 0.5) is 5.82 Å². The molecule has 2 unspecified atom stereocenters. The molecule has 1 aromatic rings. The average Bonchev–Trinajstić information content (AvgIpc) is 2.71. The number of alkyl halides is 1. The van der Waals surface area contributed by atoms with Crippen LogP contribution in [0.1, 0.15) is 18.9 Å². The maximum atomic E-state index is 8.71. The number of hydrogen-bond acceptors (Lipinski definition) is 3. The highest BCUT2D eigenvalue weighted by Gasteiger charge is 2.29. The molecule has 0 bridgehead atoms. The fourth-order valence-electron chi connectivity index (χ4n) is 2.04. The van der Waals surface area contributed by atoms with E-state index < -0.39 is 0 Å². The van der Waals surface area contributed by atoms with Crippen LogP contribution in [0.25, 0.3) is 0 Å². The molecule has 3 nitrogen and oxygen atoms in total. The molecule has 0 amide bonds. The van der Waals surface area contributed by atoms with Crippen molar-refractivity contribution in [2.45, 2.75) is 17.3 Å². The van der Waals surface area contributed by atoms with Gasteiger partial charge in [0, 0.05) is 23.2 Å². The molecule has 1 aliphatic rings. The monoisotopic (exact) mass is 327 g/mol. The summed E-state index contributed by atoms with van der Waals surface area (Å²) in [5.41, 5.74) is 0.626. The van der Waals surface area contributed by atoms with E-state index in [-0.39, 0.29) is 0 Å². The zero-order valence-corrected chi connectivity index (χ0v) is 11.4. The van der Waals surface area contributed by atoms with E-state index >= 15 is 0 Å². The second kappa shape index (κ2) is 5.00. The maximum Gasteiger partial charge on any atom is 0.128 e. The van der Waals surface area contributed by atoms with Crippen LogP contribution >= 0.6 is 22.6 Å². The first-order chi connectivity index (χ1) is 7.74. The molecule has 1 fully saturated rings. The predicted molar refractivity (Wildman–Crippen MR) is 72.8 cm³/mol. The Morgan fingerprint density at radius 3 is 2.88 bits per heavy atom. The van der Waals surface area contributed by atoms with Gasteiger partial charge in [-0.05, 0) is 18.1 Å². The zero-order chi connectivity index (χ0) is 11.5. The number of pyridine rings is 1. The number of nitriles is 1. The zero-order valence-electron chi connectivity index (χ0n) is 9.23. The van der Waals surface area contributed by atoms with Gasteiger partial charge in [0.05, 0.1) is 5.56 Å². The lowest BCUT2D eigenvalue weighted by Gasteiger charge is -2.16. The first-order valence-electron chi connectivity index (χ1n) is 5.49. The minimum atomic E-state index is 0.626. The van der Waals surface area contributed by atoms with Gasteiger partial charge in [-0.25, -0.2) is 4.98 Å². The van der Waals surface area contributed by atoms with Crippen molar-refractivity contribution >= 4 is 28.4 Å². The summed E-state index contributed by atoms with van der Waals surface area (Å²) in [5.74, 6) is 1.76. The molecular formula is C12H14IN3. The molecule has 4 heteroatoms. The molecule has 0 radical (unpaired) electrons. The van der Waals surface area contributed by atoms with Gasteiger partial charge in [0.1, 0.15) is 11.9 Å². The van der Waals surface area contributed by atoms with Gasteiger partial charge in [-0.3, -0.25) is 0 Å². The van der Waals surface area contributed by atoms with Gasteiger partial charge in [-0.1, -0.05) is 35.9 Å². The second-order valence-electron chi connectivity index (χ2n) is 4.11. The summed E-state index contributed by atoms with van der Waals surface area (Å²) in [6, 6.07) is 5.87. The Labute approximate surface area is 110 Å². The van der Waals surface area contributed by atoms with Gasteiger partial charge >= 0.3 is 0 Å². The Bertz CT molecular complexity index is 396. The fourth-order valence-corrected chi connectivity index (χ4v) is 3.25. The van der Waals surface area contributed by atoms with Crippen LogP contribution in [0.3, 0.4) is 0 Å². The quantitative estimate of drug-likeness (QED) is 0.619. The summed E-state index contributed by atoms with van der Waals surface area (Å²) in [7, 11) is 0. The minimum Gasteiger partial charge on any atom is -0.355 e. The van der Waals surface area contributed by atoms with Crippen LogP contribution in [0.2, 0.25) is 0 Å². The molecule has 0 N–H and O–H groups in total. The van der Waals surface area contributed by atoms with Crippen LogP contribution in [0, 0.1) is 17.2 Å². The Hall–Kier alpha value is -0.830. The van der Waals surface area contributed by atoms with E-state index in [4.69, 9.17) is 5.26 Å². The first kappa shape index (κ1) is 11.6. The molecule has 84 valence electrons. The molecule has 0 aliphatic carbocycles.